The Kier molecular flexibility index (Phi) is 5.07. The first-order valence-electron chi connectivity index (χ1n) is 8.29. The SMILES string of the molecule is COC(=O)C1=C2C(=O)NCCN2[C@@H](C(=O)Nc2ccc([N+](=O)[O-])cc2)CC1=O. The highest BCUT2D eigenvalue weighted by Gasteiger charge is 2.44. The van der Waals surface area contributed by atoms with E-state index in [1.165, 1.54) is 29.2 Å². The molecule has 1 aromatic carbocycles. The normalized spacial score (nSPS) is 18.9. The molecule has 0 aliphatic carbocycles. The third-order valence-corrected chi connectivity index (χ3v) is 4.45. The number of benzene rings is 1. The predicted molar refractivity (Wildman–Crippen MR) is 93.9 cm³/mol. The molecule has 0 radical (unpaired) electrons. The summed E-state index contributed by atoms with van der Waals surface area (Å²) in [5, 5.41) is 15.8. The van der Waals surface area contributed by atoms with Crippen molar-refractivity contribution in [1.29, 1.82) is 0 Å². The van der Waals surface area contributed by atoms with Gasteiger partial charge in [-0.25, -0.2) is 4.79 Å². The number of nitro benzene ring substituents is 1. The number of rotatable bonds is 4. The van der Waals surface area contributed by atoms with Crippen LogP contribution in [0.3, 0.4) is 0 Å². The van der Waals surface area contributed by atoms with E-state index in [9.17, 15) is 29.3 Å². The molecule has 0 saturated carbocycles. The molecule has 0 unspecified atom stereocenters. The van der Waals surface area contributed by atoms with Gasteiger partial charge in [-0.15, -0.1) is 0 Å². The fraction of sp³-hybridized carbons (Fsp3) is 0.294. The Morgan fingerprint density at radius 2 is 1.96 bits per heavy atom. The van der Waals surface area contributed by atoms with Crippen LogP contribution in [0.1, 0.15) is 6.42 Å². The second-order valence-electron chi connectivity index (χ2n) is 6.10. The molecule has 2 N–H and O–H groups in total. The van der Waals surface area contributed by atoms with Crippen molar-refractivity contribution in [3.63, 3.8) is 0 Å². The van der Waals surface area contributed by atoms with Crippen molar-refractivity contribution in [3.05, 3.63) is 45.6 Å². The molecule has 1 atom stereocenters. The number of ether oxygens (including phenoxy) is 1. The summed E-state index contributed by atoms with van der Waals surface area (Å²) in [5.41, 5.74) is -0.391. The fourth-order valence-corrected chi connectivity index (χ4v) is 3.14. The van der Waals surface area contributed by atoms with E-state index in [0.717, 1.165) is 7.11 Å². The molecule has 3 rings (SSSR count). The monoisotopic (exact) mass is 388 g/mol. The van der Waals surface area contributed by atoms with Crippen molar-refractivity contribution in [2.24, 2.45) is 0 Å². The highest BCUT2D eigenvalue weighted by molar-refractivity contribution is 6.24. The quantitative estimate of drug-likeness (QED) is 0.310. The van der Waals surface area contributed by atoms with Crippen LogP contribution in [-0.2, 0) is 23.9 Å². The van der Waals surface area contributed by atoms with Gasteiger partial charge < -0.3 is 20.3 Å². The molecule has 2 aliphatic rings. The smallest absolute Gasteiger partial charge is 0.343 e. The highest BCUT2D eigenvalue weighted by Crippen LogP contribution is 2.28. The molecule has 0 aromatic heterocycles. The molecule has 0 bridgehead atoms. The van der Waals surface area contributed by atoms with Crippen molar-refractivity contribution in [1.82, 2.24) is 10.2 Å². The second-order valence-corrected chi connectivity index (χ2v) is 6.10. The number of nitro groups is 1. The molecule has 11 heteroatoms. The van der Waals surface area contributed by atoms with Crippen LogP contribution in [0, 0.1) is 10.1 Å². The number of carbonyl (C=O) groups excluding carboxylic acids is 4. The molecule has 0 spiro atoms. The van der Waals surface area contributed by atoms with Gasteiger partial charge in [-0.2, -0.15) is 0 Å². The summed E-state index contributed by atoms with van der Waals surface area (Å²) in [4.78, 5) is 61.0. The number of hydrogen-bond acceptors (Lipinski definition) is 8. The predicted octanol–water partition coefficient (Wildman–Crippen LogP) is -0.266. The number of amides is 2. The Morgan fingerprint density at radius 3 is 2.57 bits per heavy atom. The molecular weight excluding hydrogens is 372 g/mol. The third kappa shape index (κ3) is 3.41. The van der Waals surface area contributed by atoms with Gasteiger partial charge in [-0.1, -0.05) is 0 Å². The van der Waals surface area contributed by atoms with Gasteiger partial charge in [-0.05, 0) is 12.1 Å². The van der Waals surface area contributed by atoms with Gasteiger partial charge in [0, 0.05) is 37.3 Å². The van der Waals surface area contributed by atoms with Crippen LogP contribution in [-0.4, -0.2) is 59.6 Å². The Bertz CT molecular complexity index is 907. The second kappa shape index (κ2) is 7.47. The molecule has 28 heavy (non-hydrogen) atoms. The van der Waals surface area contributed by atoms with E-state index in [4.69, 9.17) is 0 Å². The number of ketones is 1. The number of Topliss-reactive ketones (excluding diaryl/α,β-unsaturated/α-hetero) is 1. The lowest BCUT2D eigenvalue weighted by molar-refractivity contribution is -0.384. The molecule has 2 amide bonds. The molecule has 2 aliphatic heterocycles. The van der Waals surface area contributed by atoms with E-state index in [1.54, 1.807) is 0 Å². The van der Waals surface area contributed by atoms with Crippen LogP contribution in [0.15, 0.2) is 35.5 Å². The zero-order valence-electron chi connectivity index (χ0n) is 14.8. The Morgan fingerprint density at radius 1 is 1.29 bits per heavy atom. The summed E-state index contributed by atoms with van der Waals surface area (Å²) < 4.78 is 4.60. The van der Waals surface area contributed by atoms with Gasteiger partial charge in [0.05, 0.1) is 12.0 Å². The van der Waals surface area contributed by atoms with Crippen LogP contribution >= 0.6 is 0 Å². The van der Waals surface area contributed by atoms with Gasteiger partial charge in [0.15, 0.2) is 5.78 Å². The summed E-state index contributed by atoms with van der Waals surface area (Å²) >= 11 is 0. The minimum absolute atomic E-state index is 0.133. The van der Waals surface area contributed by atoms with E-state index < -0.39 is 34.5 Å². The lowest BCUT2D eigenvalue weighted by Gasteiger charge is -2.40. The molecule has 11 nitrogen and oxygen atoms in total. The molecule has 2 heterocycles. The molecule has 1 saturated heterocycles. The summed E-state index contributed by atoms with van der Waals surface area (Å²) in [6.45, 7) is 0.472. The number of anilines is 1. The van der Waals surface area contributed by atoms with Gasteiger partial charge in [0.1, 0.15) is 17.3 Å². The van der Waals surface area contributed by atoms with Crippen LogP contribution in [0.2, 0.25) is 0 Å². The largest absolute Gasteiger partial charge is 0.465 e. The van der Waals surface area contributed by atoms with E-state index in [-0.39, 0.29) is 36.5 Å². The summed E-state index contributed by atoms with van der Waals surface area (Å²) in [5.74, 6) is -2.80. The van der Waals surface area contributed by atoms with E-state index >= 15 is 0 Å². The first-order valence-corrected chi connectivity index (χ1v) is 8.29. The van der Waals surface area contributed by atoms with E-state index in [1.807, 2.05) is 0 Å². The third-order valence-electron chi connectivity index (χ3n) is 4.45. The maximum Gasteiger partial charge on any atom is 0.343 e. The van der Waals surface area contributed by atoms with Crippen molar-refractivity contribution >= 4 is 34.9 Å². The van der Waals surface area contributed by atoms with Crippen LogP contribution < -0.4 is 10.6 Å². The average Bonchev–Trinajstić information content (AvgIpc) is 2.67. The van der Waals surface area contributed by atoms with Crippen LogP contribution in [0.4, 0.5) is 11.4 Å². The summed E-state index contributed by atoms with van der Waals surface area (Å²) in [6.07, 6.45) is -0.306. The number of carbonyl (C=O) groups is 4. The number of non-ortho nitro benzene ring substituents is 1. The average molecular weight is 388 g/mol. The fourth-order valence-electron chi connectivity index (χ4n) is 3.14. The minimum Gasteiger partial charge on any atom is -0.465 e. The molecule has 146 valence electrons. The Balaban J connectivity index is 1.88. The van der Waals surface area contributed by atoms with Crippen LogP contribution in [0.25, 0.3) is 0 Å². The number of nitrogens with zero attached hydrogens (tertiary/aromatic N) is 2. The Labute approximate surface area is 158 Å². The van der Waals surface area contributed by atoms with Crippen molar-refractivity contribution in [3.8, 4) is 0 Å². The van der Waals surface area contributed by atoms with Crippen molar-refractivity contribution < 1.29 is 28.8 Å². The lowest BCUT2D eigenvalue weighted by atomic mass is 9.92. The first-order chi connectivity index (χ1) is 13.3. The number of hydrogen-bond donors (Lipinski definition) is 2. The van der Waals surface area contributed by atoms with E-state index in [2.05, 4.69) is 15.4 Å². The molecular formula is C17H16N4O7. The van der Waals surface area contributed by atoms with Gasteiger partial charge in [-0.3, -0.25) is 24.5 Å². The minimum atomic E-state index is -1.00. The number of methoxy groups -OCH3 is 1. The van der Waals surface area contributed by atoms with Gasteiger partial charge in [0.25, 0.3) is 11.6 Å². The lowest BCUT2D eigenvalue weighted by Crippen LogP contribution is -2.57. The number of fused-ring (bicyclic) bond motifs is 1. The standard InChI is InChI=1S/C17H16N4O7/c1-28-17(25)13-12(22)8-11(20-7-6-18-16(24)14(13)20)15(23)19-9-2-4-10(5-3-9)21(26)27/h2-5,11H,6-8H2,1H3,(H,18,24)(H,19,23)/t11-/m1/s1. The molecule has 1 aromatic rings. The zero-order valence-corrected chi connectivity index (χ0v) is 14.8. The highest BCUT2D eigenvalue weighted by atomic mass is 16.6. The van der Waals surface area contributed by atoms with Crippen LogP contribution in [0.5, 0.6) is 0 Å². The van der Waals surface area contributed by atoms with E-state index in [0.29, 0.717) is 5.69 Å². The maximum atomic E-state index is 12.7. The summed E-state index contributed by atoms with van der Waals surface area (Å²) in [6, 6.07) is 4.19. The van der Waals surface area contributed by atoms with Gasteiger partial charge in [0.2, 0.25) is 5.91 Å². The zero-order chi connectivity index (χ0) is 20.4. The molecule has 1 fully saturated rings. The van der Waals surface area contributed by atoms with Gasteiger partial charge >= 0.3 is 5.97 Å². The Hall–Kier alpha value is -3.76. The van der Waals surface area contributed by atoms with Crippen molar-refractivity contribution in [2.75, 3.05) is 25.5 Å². The number of esters is 1. The summed E-state index contributed by atoms with van der Waals surface area (Å²) in [7, 11) is 1.10. The number of piperazine rings is 1. The number of nitrogens with one attached hydrogen (secondary N) is 2. The van der Waals surface area contributed by atoms with Crippen molar-refractivity contribution in [2.45, 2.75) is 12.5 Å². The maximum absolute atomic E-state index is 12.7. The topological polar surface area (TPSA) is 148 Å². The first kappa shape index (κ1) is 19.0.